The van der Waals surface area contributed by atoms with Gasteiger partial charge in [-0.2, -0.15) is 0 Å². The van der Waals surface area contributed by atoms with E-state index in [0.717, 1.165) is 19.6 Å². The van der Waals surface area contributed by atoms with Crippen LogP contribution in [0.5, 0.6) is 0 Å². The molecule has 0 aromatic heterocycles. The summed E-state index contributed by atoms with van der Waals surface area (Å²) < 4.78 is 5.24. The molecule has 0 aromatic rings. The van der Waals surface area contributed by atoms with Crippen LogP contribution in [-0.4, -0.2) is 43.5 Å². The average Bonchev–Trinajstić information content (AvgIpc) is 2.56. The van der Waals surface area contributed by atoms with E-state index in [2.05, 4.69) is 4.90 Å². The Morgan fingerprint density at radius 3 is 2.92 bits per heavy atom. The Morgan fingerprint density at radius 1 is 1.67 bits per heavy atom. The molecular weight excluding hydrogens is 154 g/mol. The zero-order chi connectivity index (χ0) is 8.97. The maximum Gasteiger partial charge on any atom is 0.146 e. The summed E-state index contributed by atoms with van der Waals surface area (Å²) in [6.45, 7) is 4.11. The fourth-order valence-corrected chi connectivity index (χ4v) is 1.39. The Kier molecular flexibility index (Phi) is 3.69. The Balaban J connectivity index is 2.26. The lowest BCUT2D eigenvalue weighted by atomic mass is 10.2. The van der Waals surface area contributed by atoms with E-state index >= 15 is 0 Å². The Hall–Kier alpha value is -0.410. The normalized spacial score (nSPS) is 23.4. The lowest BCUT2D eigenvalue weighted by molar-refractivity contribution is -0.120. The second kappa shape index (κ2) is 4.58. The summed E-state index contributed by atoms with van der Waals surface area (Å²) in [6.07, 6.45) is 1.70. The molecule has 0 bridgehead atoms. The summed E-state index contributed by atoms with van der Waals surface area (Å²) in [5, 5.41) is 0. The van der Waals surface area contributed by atoms with Gasteiger partial charge in [0.2, 0.25) is 0 Å². The molecule has 1 fully saturated rings. The van der Waals surface area contributed by atoms with Gasteiger partial charge in [-0.25, -0.2) is 0 Å². The zero-order valence-electron chi connectivity index (χ0n) is 7.88. The van der Waals surface area contributed by atoms with Gasteiger partial charge in [-0.3, -0.25) is 9.69 Å². The minimum Gasteiger partial charge on any atom is -0.380 e. The number of nitrogens with zero attached hydrogens (tertiary/aromatic N) is 1. The van der Waals surface area contributed by atoms with E-state index < -0.39 is 0 Å². The van der Waals surface area contributed by atoms with Crippen LogP contribution in [0.1, 0.15) is 19.8 Å². The molecule has 0 N–H and O–H groups in total. The van der Waals surface area contributed by atoms with Crippen molar-refractivity contribution in [3.8, 4) is 0 Å². The van der Waals surface area contributed by atoms with Crippen LogP contribution in [0, 0.1) is 0 Å². The fraction of sp³-hybridized carbons (Fsp3) is 0.889. The van der Waals surface area contributed by atoms with Gasteiger partial charge in [-0.15, -0.1) is 0 Å². The number of likely N-dealkylation sites (N-methyl/N-ethyl adjacent to an activating group) is 1. The van der Waals surface area contributed by atoms with E-state index in [1.54, 1.807) is 0 Å². The molecular formula is C9H17NO2. The van der Waals surface area contributed by atoms with Crippen LogP contribution in [0.4, 0.5) is 0 Å². The predicted octanol–water partition coefficient (Wildman–Crippen LogP) is 0.686. The van der Waals surface area contributed by atoms with Crippen molar-refractivity contribution in [2.75, 3.05) is 26.8 Å². The van der Waals surface area contributed by atoms with Crippen LogP contribution in [-0.2, 0) is 9.53 Å². The van der Waals surface area contributed by atoms with Gasteiger partial charge in [-0.05, 0) is 13.5 Å². The number of hydrogen-bond acceptors (Lipinski definition) is 3. The number of rotatable bonds is 4. The van der Waals surface area contributed by atoms with Gasteiger partial charge in [0.1, 0.15) is 5.78 Å². The number of ketones is 1. The number of Topliss-reactive ketones (excluding diaryl/α,β-unsaturated/α-hetero) is 1. The van der Waals surface area contributed by atoms with Crippen molar-refractivity contribution in [1.82, 2.24) is 4.90 Å². The molecule has 1 aliphatic heterocycles. The van der Waals surface area contributed by atoms with Crippen molar-refractivity contribution in [2.24, 2.45) is 0 Å². The fourth-order valence-electron chi connectivity index (χ4n) is 1.39. The maximum atomic E-state index is 11.1. The number of hydrogen-bond donors (Lipinski definition) is 0. The molecule has 0 amide bonds. The number of ether oxygens (including phenoxy) is 1. The highest BCUT2D eigenvalue weighted by Gasteiger charge is 2.20. The summed E-state index contributed by atoms with van der Waals surface area (Å²) in [5.74, 6) is 0.310. The molecule has 1 rings (SSSR count). The van der Waals surface area contributed by atoms with Gasteiger partial charge in [0, 0.05) is 19.1 Å². The largest absolute Gasteiger partial charge is 0.380 e. The number of carbonyl (C=O) groups excluding carboxylic acids is 1. The molecule has 3 nitrogen and oxygen atoms in total. The molecule has 12 heavy (non-hydrogen) atoms. The minimum atomic E-state index is 0.310. The zero-order valence-corrected chi connectivity index (χ0v) is 7.88. The van der Waals surface area contributed by atoms with E-state index in [1.807, 2.05) is 14.0 Å². The summed E-state index contributed by atoms with van der Waals surface area (Å²) >= 11 is 0. The average molecular weight is 171 g/mol. The first-order valence-corrected chi connectivity index (χ1v) is 4.53. The molecule has 0 spiro atoms. The Bertz CT molecular complexity index is 153. The first-order valence-electron chi connectivity index (χ1n) is 4.53. The van der Waals surface area contributed by atoms with Crippen molar-refractivity contribution in [3.05, 3.63) is 0 Å². The van der Waals surface area contributed by atoms with Crippen molar-refractivity contribution in [2.45, 2.75) is 25.8 Å². The minimum absolute atomic E-state index is 0.310. The third-order valence-electron chi connectivity index (χ3n) is 2.35. The van der Waals surface area contributed by atoms with E-state index in [9.17, 15) is 4.79 Å². The molecule has 1 aliphatic rings. The number of carbonyl (C=O) groups is 1. The van der Waals surface area contributed by atoms with Gasteiger partial charge >= 0.3 is 0 Å². The SMILES string of the molecule is CCC(=O)CN(C)C1CCOC1. The standard InChI is InChI=1S/C9H17NO2/c1-3-9(11)6-10(2)8-4-5-12-7-8/h8H,3-7H2,1-2H3. The maximum absolute atomic E-state index is 11.1. The Labute approximate surface area is 73.7 Å². The van der Waals surface area contributed by atoms with Crippen molar-refractivity contribution in [3.63, 3.8) is 0 Å². The van der Waals surface area contributed by atoms with Crippen LogP contribution in [0.3, 0.4) is 0 Å². The molecule has 1 unspecified atom stereocenters. The molecule has 1 atom stereocenters. The van der Waals surface area contributed by atoms with Crippen LogP contribution < -0.4 is 0 Å². The molecule has 70 valence electrons. The smallest absolute Gasteiger partial charge is 0.146 e. The van der Waals surface area contributed by atoms with Crippen LogP contribution >= 0.6 is 0 Å². The lowest BCUT2D eigenvalue weighted by Gasteiger charge is -2.21. The molecule has 3 heteroatoms. The van der Waals surface area contributed by atoms with Gasteiger partial charge in [0.25, 0.3) is 0 Å². The lowest BCUT2D eigenvalue weighted by Crippen LogP contribution is -2.35. The van der Waals surface area contributed by atoms with Crippen molar-refractivity contribution in [1.29, 1.82) is 0 Å². The molecule has 1 heterocycles. The van der Waals surface area contributed by atoms with Crippen LogP contribution in [0.2, 0.25) is 0 Å². The summed E-state index contributed by atoms with van der Waals surface area (Å²) in [5.41, 5.74) is 0. The topological polar surface area (TPSA) is 29.5 Å². The van der Waals surface area contributed by atoms with Gasteiger partial charge in [-0.1, -0.05) is 6.92 Å². The van der Waals surface area contributed by atoms with Crippen molar-refractivity contribution < 1.29 is 9.53 Å². The van der Waals surface area contributed by atoms with E-state index in [1.165, 1.54) is 0 Å². The molecule has 0 radical (unpaired) electrons. The van der Waals surface area contributed by atoms with Crippen LogP contribution in [0.15, 0.2) is 0 Å². The first-order chi connectivity index (χ1) is 5.74. The summed E-state index contributed by atoms with van der Waals surface area (Å²) in [4.78, 5) is 13.2. The molecule has 0 aliphatic carbocycles. The van der Waals surface area contributed by atoms with E-state index in [0.29, 0.717) is 24.8 Å². The summed E-state index contributed by atoms with van der Waals surface area (Å²) in [7, 11) is 1.99. The highest BCUT2D eigenvalue weighted by molar-refractivity contribution is 5.80. The molecule has 0 saturated carbocycles. The van der Waals surface area contributed by atoms with Crippen molar-refractivity contribution >= 4 is 5.78 Å². The van der Waals surface area contributed by atoms with Crippen LogP contribution in [0.25, 0.3) is 0 Å². The predicted molar refractivity (Wildman–Crippen MR) is 47.2 cm³/mol. The van der Waals surface area contributed by atoms with Gasteiger partial charge in [0.15, 0.2) is 0 Å². The quantitative estimate of drug-likeness (QED) is 0.623. The van der Waals surface area contributed by atoms with Gasteiger partial charge < -0.3 is 4.74 Å². The molecule has 0 aromatic carbocycles. The van der Waals surface area contributed by atoms with E-state index in [-0.39, 0.29) is 0 Å². The highest BCUT2D eigenvalue weighted by Crippen LogP contribution is 2.10. The summed E-state index contributed by atoms with van der Waals surface area (Å²) in [6, 6.07) is 0.459. The second-order valence-corrected chi connectivity index (χ2v) is 3.32. The van der Waals surface area contributed by atoms with E-state index in [4.69, 9.17) is 4.74 Å². The third kappa shape index (κ3) is 2.57. The van der Waals surface area contributed by atoms with Gasteiger partial charge in [0.05, 0.1) is 13.2 Å². The highest BCUT2D eigenvalue weighted by atomic mass is 16.5. The monoisotopic (exact) mass is 171 g/mol. The second-order valence-electron chi connectivity index (χ2n) is 3.32. The first kappa shape index (κ1) is 9.68. The molecule has 1 saturated heterocycles. The third-order valence-corrected chi connectivity index (χ3v) is 2.35. The Morgan fingerprint density at radius 2 is 2.42 bits per heavy atom.